The van der Waals surface area contributed by atoms with Gasteiger partial charge in [0.2, 0.25) is 0 Å². The topological polar surface area (TPSA) is 21.6 Å². The smallest absolute Gasteiger partial charge is 0.114 e. The molecule has 2 heteroatoms. The first kappa shape index (κ1) is 10.8. The van der Waals surface area contributed by atoms with Crippen LogP contribution in [0.2, 0.25) is 0 Å². The maximum atomic E-state index is 4.88. The summed E-state index contributed by atoms with van der Waals surface area (Å²) in [4.78, 5) is 4.88. The highest BCUT2D eigenvalue weighted by atomic mass is 16.6. The van der Waals surface area contributed by atoms with Gasteiger partial charge in [-0.1, -0.05) is 43.3 Å². The lowest BCUT2D eigenvalue weighted by molar-refractivity contribution is 0.160. The number of rotatable bonds is 4. The van der Waals surface area contributed by atoms with E-state index in [0.29, 0.717) is 12.5 Å². The summed E-state index contributed by atoms with van der Waals surface area (Å²) in [6.07, 6.45) is 1.73. The van der Waals surface area contributed by atoms with E-state index in [9.17, 15) is 0 Å². The van der Waals surface area contributed by atoms with E-state index in [1.807, 2.05) is 6.92 Å². The Morgan fingerprint density at radius 1 is 1.29 bits per heavy atom. The molecule has 0 atom stereocenters. The minimum absolute atomic E-state index is 0.577. The van der Waals surface area contributed by atoms with E-state index >= 15 is 0 Å². The lowest BCUT2D eigenvalue weighted by Gasteiger charge is -2.04. The fourth-order valence-electron chi connectivity index (χ4n) is 1.14. The van der Waals surface area contributed by atoms with Crippen LogP contribution in [0.15, 0.2) is 29.4 Å². The summed E-state index contributed by atoms with van der Waals surface area (Å²) in [7, 11) is 0. The van der Waals surface area contributed by atoms with Crippen molar-refractivity contribution < 1.29 is 4.84 Å². The highest BCUT2D eigenvalue weighted by Crippen LogP contribution is 2.13. The van der Waals surface area contributed by atoms with Crippen LogP contribution in [0.3, 0.4) is 0 Å². The van der Waals surface area contributed by atoms with Gasteiger partial charge in [0.1, 0.15) is 6.61 Å². The number of benzene rings is 1. The van der Waals surface area contributed by atoms with Crippen molar-refractivity contribution in [2.24, 2.45) is 5.16 Å². The fourth-order valence-corrected chi connectivity index (χ4v) is 1.14. The molecule has 0 aromatic heterocycles. The van der Waals surface area contributed by atoms with Gasteiger partial charge in [0.25, 0.3) is 0 Å². The highest BCUT2D eigenvalue weighted by Gasteiger charge is 1.97. The highest BCUT2D eigenvalue weighted by molar-refractivity contribution is 5.79. The van der Waals surface area contributed by atoms with Gasteiger partial charge in [-0.25, -0.2) is 0 Å². The molecule has 2 nitrogen and oxygen atoms in total. The molecule has 76 valence electrons. The summed E-state index contributed by atoms with van der Waals surface area (Å²) in [5, 5.41) is 3.81. The zero-order valence-electron chi connectivity index (χ0n) is 9.03. The quantitative estimate of drug-likeness (QED) is 0.529. The molecule has 0 saturated carbocycles. The second-order valence-electron chi connectivity index (χ2n) is 3.47. The van der Waals surface area contributed by atoms with Gasteiger partial charge in [0.05, 0.1) is 6.21 Å². The van der Waals surface area contributed by atoms with Crippen molar-refractivity contribution in [1.29, 1.82) is 0 Å². The van der Waals surface area contributed by atoms with Crippen molar-refractivity contribution in [2.45, 2.75) is 26.7 Å². The van der Waals surface area contributed by atoms with Crippen molar-refractivity contribution in [2.75, 3.05) is 6.61 Å². The Hall–Kier alpha value is -1.31. The average Bonchev–Trinajstić information content (AvgIpc) is 2.19. The third-order valence-corrected chi connectivity index (χ3v) is 2.01. The van der Waals surface area contributed by atoms with Crippen LogP contribution in [0.4, 0.5) is 0 Å². The first-order chi connectivity index (χ1) is 6.74. The molecule has 0 aliphatic carbocycles. The Balaban J connectivity index is 2.64. The molecule has 0 amide bonds. The molecule has 0 aliphatic rings. The Bertz CT molecular complexity index is 288. The van der Waals surface area contributed by atoms with E-state index in [0.717, 1.165) is 5.56 Å². The normalized spacial score (nSPS) is 11.1. The summed E-state index contributed by atoms with van der Waals surface area (Å²) in [5.74, 6) is 0.577. The molecule has 14 heavy (non-hydrogen) atoms. The summed E-state index contributed by atoms with van der Waals surface area (Å²) in [6, 6.07) is 8.35. The van der Waals surface area contributed by atoms with Crippen molar-refractivity contribution in [3.05, 3.63) is 35.4 Å². The number of hydrogen-bond acceptors (Lipinski definition) is 2. The monoisotopic (exact) mass is 191 g/mol. The zero-order chi connectivity index (χ0) is 10.4. The van der Waals surface area contributed by atoms with Gasteiger partial charge in [-0.2, -0.15) is 0 Å². The molecule has 0 aliphatic heterocycles. The lowest BCUT2D eigenvalue weighted by Crippen LogP contribution is -1.88. The minimum atomic E-state index is 0.577. The van der Waals surface area contributed by atoms with Gasteiger partial charge in [-0.3, -0.25) is 0 Å². The van der Waals surface area contributed by atoms with Gasteiger partial charge in [-0.05, 0) is 24.0 Å². The fraction of sp³-hybridized carbons (Fsp3) is 0.417. The van der Waals surface area contributed by atoms with Gasteiger partial charge in [0, 0.05) is 0 Å². The molecule has 0 unspecified atom stereocenters. The third-order valence-electron chi connectivity index (χ3n) is 2.01. The third kappa shape index (κ3) is 3.21. The second kappa shape index (κ2) is 5.43. The van der Waals surface area contributed by atoms with E-state index in [1.165, 1.54) is 5.56 Å². The molecule has 1 aromatic carbocycles. The van der Waals surface area contributed by atoms with E-state index in [1.54, 1.807) is 6.21 Å². The van der Waals surface area contributed by atoms with Crippen LogP contribution in [0.25, 0.3) is 0 Å². The van der Waals surface area contributed by atoms with Crippen LogP contribution < -0.4 is 0 Å². The first-order valence-corrected chi connectivity index (χ1v) is 4.99. The molecular weight excluding hydrogens is 174 g/mol. The van der Waals surface area contributed by atoms with E-state index in [-0.39, 0.29) is 0 Å². The summed E-state index contributed by atoms with van der Waals surface area (Å²) < 4.78 is 0. The maximum Gasteiger partial charge on any atom is 0.114 e. The van der Waals surface area contributed by atoms with Gasteiger partial charge >= 0.3 is 0 Å². The molecule has 1 aromatic rings. The standard InChI is InChI=1S/C12H17NO/c1-4-14-13-9-11-5-7-12(8-6-11)10(2)3/h5-10H,4H2,1-3H3/b13-9+. The average molecular weight is 191 g/mol. The second-order valence-corrected chi connectivity index (χ2v) is 3.47. The first-order valence-electron chi connectivity index (χ1n) is 4.99. The Morgan fingerprint density at radius 2 is 1.93 bits per heavy atom. The molecule has 0 fully saturated rings. The molecule has 0 spiro atoms. The van der Waals surface area contributed by atoms with Crippen molar-refractivity contribution in [1.82, 2.24) is 0 Å². The van der Waals surface area contributed by atoms with Crippen molar-refractivity contribution in [3.63, 3.8) is 0 Å². The van der Waals surface area contributed by atoms with Crippen LogP contribution in [-0.4, -0.2) is 12.8 Å². The summed E-state index contributed by atoms with van der Waals surface area (Å²) in [5.41, 5.74) is 2.42. The Morgan fingerprint density at radius 3 is 2.43 bits per heavy atom. The molecular formula is C12H17NO. The molecule has 0 N–H and O–H groups in total. The SMILES string of the molecule is CCO/N=C/c1ccc(C(C)C)cc1. The van der Waals surface area contributed by atoms with Crippen molar-refractivity contribution >= 4 is 6.21 Å². The summed E-state index contributed by atoms with van der Waals surface area (Å²) in [6.45, 7) is 6.90. The van der Waals surface area contributed by atoms with Crippen LogP contribution in [-0.2, 0) is 4.84 Å². The van der Waals surface area contributed by atoms with Gasteiger partial charge in [-0.15, -0.1) is 0 Å². The van der Waals surface area contributed by atoms with E-state index < -0.39 is 0 Å². The van der Waals surface area contributed by atoms with Gasteiger partial charge in [0.15, 0.2) is 0 Å². The predicted molar refractivity (Wildman–Crippen MR) is 59.8 cm³/mol. The predicted octanol–water partition coefficient (Wildman–Crippen LogP) is 3.18. The molecule has 1 rings (SSSR count). The van der Waals surface area contributed by atoms with Crippen LogP contribution >= 0.6 is 0 Å². The van der Waals surface area contributed by atoms with Crippen molar-refractivity contribution in [3.8, 4) is 0 Å². The molecule has 0 heterocycles. The molecule has 0 bridgehead atoms. The number of oxime groups is 1. The number of hydrogen-bond donors (Lipinski definition) is 0. The molecule has 0 saturated heterocycles. The van der Waals surface area contributed by atoms with E-state index in [2.05, 4.69) is 43.3 Å². The largest absolute Gasteiger partial charge is 0.396 e. The van der Waals surface area contributed by atoms with Crippen LogP contribution in [0.5, 0.6) is 0 Å². The zero-order valence-corrected chi connectivity index (χ0v) is 9.03. The molecule has 0 radical (unpaired) electrons. The number of nitrogens with zero attached hydrogens (tertiary/aromatic N) is 1. The van der Waals surface area contributed by atoms with E-state index in [4.69, 9.17) is 4.84 Å². The lowest BCUT2D eigenvalue weighted by atomic mass is 10.0. The van der Waals surface area contributed by atoms with Crippen LogP contribution in [0.1, 0.15) is 37.8 Å². The Labute approximate surface area is 85.6 Å². The maximum absolute atomic E-state index is 4.88. The van der Waals surface area contributed by atoms with Gasteiger partial charge < -0.3 is 4.84 Å². The summed E-state index contributed by atoms with van der Waals surface area (Å²) >= 11 is 0. The minimum Gasteiger partial charge on any atom is -0.396 e. The Kier molecular flexibility index (Phi) is 4.17. The van der Waals surface area contributed by atoms with Crippen LogP contribution in [0, 0.1) is 0 Å².